The fourth-order valence-corrected chi connectivity index (χ4v) is 4.27. The molecule has 0 atom stereocenters. The van der Waals surface area contributed by atoms with Gasteiger partial charge in [-0.1, -0.05) is 35.5 Å². The lowest BCUT2D eigenvalue weighted by molar-refractivity contribution is 0.741. The van der Waals surface area contributed by atoms with Gasteiger partial charge in [0.15, 0.2) is 0 Å². The van der Waals surface area contributed by atoms with Crippen molar-refractivity contribution in [3.05, 3.63) is 45.3 Å². The number of benzene rings is 1. The van der Waals surface area contributed by atoms with Crippen LogP contribution in [0.25, 0.3) is 0 Å². The third-order valence-corrected chi connectivity index (χ3v) is 5.38. The summed E-state index contributed by atoms with van der Waals surface area (Å²) < 4.78 is 4.58. The molecule has 0 amide bonds. The second-order valence-corrected chi connectivity index (χ2v) is 7.23. The highest BCUT2D eigenvalue weighted by Gasteiger charge is 2.18. The first-order chi connectivity index (χ1) is 10.2. The van der Waals surface area contributed by atoms with E-state index in [-0.39, 0.29) is 0 Å². The molecule has 3 nitrogen and oxygen atoms in total. The van der Waals surface area contributed by atoms with E-state index in [1.807, 2.05) is 18.2 Å². The number of aliphatic imine (C=N–C) groups is 1. The van der Waals surface area contributed by atoms with Crippen LogP contribution in [0.15, 0.2) is 34.3 Å². The van der Waals surface area contributed by atoms with E-state index in [1.54, 1.807) is 23.3 Å². The van der Waals surface area contributed by atoms with Gasteiger partial charge in [0.1, 0.15) is 10.9 Å². The summed E-state index contributed by atoms with van der Waals surface area (Å²) in [6.07, 6.45) is 1.10. The number of amidine groups is 1. The molecule has 1 aliphatic rings. The van der Waals surface area contributed by atoms with Crippen molar-refractivity contribution >= 4 is 40.7 Å². The lowest BCUT2D eigenvalue weighted by atomic mass is 10.2. The number of nitrogens with one attached hydrogen (secondary N) is 1. The molecular formula is C15H16ClN3S2. The van der Waals surface area contributed by atoms with Gasteiger partial charge in [0.25, 0.3) is 0 Å². The molecule has 2 heterocycles. The maximum Gasteiger partial charge on any atom is 0.132 e. The van der Waals surface area contributed by atoms with E-state index >= 15 is 0 Å². The average molecular weight is 338 g/mol. The number of aryl methyl sites for hydroxylation is 1. The van der Waals surface area contributed by atoms with E-state index in [4.69, 9.17) is 11.6 Å². The Kier molecular flexibility index (Phi) is 4.83. The van der Waals surface area contributed by atoms with Gasteiger partial charge in [0.2, 0.25) is 0 Å². The minimum Gasteiger partial charge on any atom is -0.370 e. The highest BCUT2D eigenvalue weighted by Crippen LogP contribution is 2.30. The Morgan fingerprint density at radius 2 is 2.33 bits per heavy atom. The van der Waals surface area contributed by atoms with Gasteiger partial charge in [-0.2, -0.15) is 4.37 Å². The van der Waals surface area contributed by atoms with Crippen molar-refractivity contribution in [3.8, 4) is 0 Å². The molecule has 21 heavy (non-hydrogen) atoms. The fourth-order valence-electron chi connectivity index (χ4n) is 2.20. The van der Waals surface area contributed by atoms with E-state index in [0.717, 1.165) is 41.1 Å². The maximum absolute atomic E-state index is 6.03. The average Bonchev–Trinajstić information content (AvgIpc) is 2.87. The zero-order valence-electron chi connectivity index (χ0n) is 11.7. The Hall–Kier alpha value is -1.04. The number of thioether (sulfide) groups is 1. The quantitative estimate of drug-likeness (QED) is 0.852. The van der Waals surface area contributed by atoms with E-state index in [9.17, 15) is 0 Å². The molecule has 0 unspecified atom stereocenters. The highest BCUT2D eigenvalue weighted by atomic mass is 35.5. The molecule has 0 fully saturated rings. The summed E-state index contributed by atoms with van der Waals surface area (Å²) in [5.41, 5.74) is 2.38. The van der Waals surface area contributed by atoms with Crippen molar-refractivity contribution < 1.29 is 0 Å². The molecule has 0 bridgehead atoms. The maximum atomic E-state index is 6.03. The number of rotatable bonds is 4. The van der Waals surface area contributed by atoms with Crippen molar-refractivity contribution in [2.24, 2.45) is 4.99 Å². The van der Waals surface area contributed by atoms with E-state index in [2.05, 4.69) is 27.7 Å². The summed E-state index contributed by atoms with van der Waals surface area (Å²) in [4.78, 5) is 5.82. The first-order valence-electron chi connectivity index (χ1n) is 6.86. The van der Waals surface area contributed by atoms with Crippen molar-refractivity contribution in [2.75, 3.05) is 13.1 Å². The Morgan fingerprint density at radius 3 is 3.10 bits per heavy atom. The Morgan fingerprint density at radius 1 is 1.43 bits per heavy atom. The van der Waals surface area contributed by atoms with Crippen LogP contribution in [0.2, 0.25) is 5.02 Å². The monoisotopic (exact) mass is 337 g/mol. The van der Waals surface area contributed by atoms with Crippen LogP contribution in [-0.4, -0.2) is 23.3 Å². The summed E-state index contributed by atoms with van der Waals surface area (Å²) in [7, 11) is 0. The first-order valence-corrected chi connectivity index (χ1v) is 9.00. The predicted molar refractivity (Wildman–Crippen MR) is 91.9 cm³/mol. The SMILES string of the molecule is Cc1snc(SCc2cccc(Cl)c2)c1C1=NCCCN1. The van der Waals surface area contributed by atoms with Crippen LogP contribution in [0.4, 0.5) is 0 Å². The lowest BCUT2D eigenvalue weighted by Crippen LogP contribution is -2.30. The zero-order valence-corrected chi connectivity index (χ0v) is 14.1. The van der Waals surface area contributed by atoms with Gasteiger partial charge in [-0.15, -0.1) is 0 Å². The van der Waals surface area contributed by atoms with Gasteiger partial charge in [-0.3, -0.25) is 4.99 Å². The zero-order chi connectivity index (χ0) is 14.7. The van der Waals surface area contributed by atoms with E-state index in [1.165, 1.54) is 16.0 Å². The Balaban J connectivity index is 1.78. The molecule has 0 radical (unpaired) electrons. The van der Waals surface area contributed by atoms with Crippen LogP contribution >= 0.6 is 34.9 Å². The molecule has 3 rings (SSSR count). The van der Waals surface area contributed by atoms with Gasteiger partial charge in [-0.05, 0) is 42.6 Å². The molecule has 110 valence electrons. The predicted octanol–water partition coefficient (Wildman–Crippen LogP) is 4.14. The number of hydrogen-bond donors (Lipinski definition) is 1. The largest absolute Gasteiger partial charge is 0.370 e. The topological polar surface area (TPSA) is 37.3 Å². The summed E-state index contributed by atoms with van der Waals surface area (Å²) >= 11 is 9.32. The highest BCUT2D eigenvalue weighted by molar-refractivity contribution is 7.98. The molecule has 1 aliphatic heterocycles. The van der Waals surface area contributed by atoms with Gasteiger partial charge < -0.3 is 5.32 Å². The van der Waals surface area contributed by atoms with Crippen LogP contribution in [-0.2, 0) is 5.75 Å². The van der Waals surface area contributed by atoms with Crippen molar-refractivity contribution in [2.45, 2.75) is 24.1 Å². The third-order valence-electron chi connectivity index (χ3n) is 3.23. The Bertz CT molecular complexity index is 667. The minimum atomic E-state index is 0.779. The summed E-state index contributed by atoms with van der Waals surface area (Å²) in [6.45, 7) is 4.00. The second-order valence-electron chi connectivity index (χ2n) is 4.85. The molecule has 0 saturated heterocycles. The summed E-state index contributed by atoms with van der Waals surface area (Å²) in [5.74, 6) is 1.87. The summed E-state index contributed by atoms with van der Waals surface area (Å²) in [6, 6.07) is 7.98. The number of hydrogen-bond acceptors (Lipinski definition) is 5. The number of nitrogens with zero attached hydrogens (tertiary/aromatic N) is 2. The number of aromatic nitrogens is 1. The molecule has 0 saturated carbocycles. The van der Waals surface area contributed by atoms with Crippen molar-refractivity contribution in [1.29, 1.82) is 0 Å². The molecular weight excluding hydrogens is 322 g/mol. The molecule has 0 aliphatic carbocycles. The standard InChI is InChI=1S/C15H16ClN3S2/c1-10-13(14-17-6-3-7-18-14)15(19-21-10)20-9-11-4-2-5-12(16)8-11/h2,4-5,8H,3,6-7,9H2,1H3,(H,17,18). The summed E-state index contributed by atoms with van der Waals surface area (Å²) in [5, 5.41) is 5.23. The normalized spacial score (nSPS) is 14.7. The van der Waals surface area contributed by atoms with Crippen LogP contribution in [0.3, 0.4) is 0 Å². The third kappa shape index (κ3) is 3.59. The van der Waals surface area contributed by atoms with Crippen LogP contribution in [0.5, 0.6) is 0 Å². The molecule has 2 aromatic rings. The van der Waals surface area contributed by atoms with Crippen LogP contribution in [0, 0.1) is 6.92 Å². The number of halogens is 1. The molecule has 6 heteroatoms. The van der Waals surface area contributed by atoms with Gasteiger partial charge in [0, 0.05) is 28.7 Å². The van der Waals surface area contributed by atoms with Crippen molar-refractivity contribution in [3.63, 3.8) is 0 Å². The minimum absolute atomic E-state index is 0.779. The second kappa shape index (κ2) is 6.81. The molecule has 1 aromatic carbocycles. The molecule has 1 N–H and O–H groups in total. The first kappa shape index (κ1) is 14.9. The Labute approximate surface area is 138 Å². The molecule has 0 spiro atoms. The van der Waals surface area contributed by atoms with Gasteiger partial charge in [0.05, 0.1) is 5.56 Å². The van der Waals surface area contributed by atoms with E-state index < -0.39 is 0 Å². The van der Waals surface area contributed by atoms with Gasteiger partial charge >= 0.3 is 0 Å². The van der Waals surface area contributed by atoms with Gasteiger partial charge in [-0.25, -0.2) is 0 Å². The van der Waals surface area contributed by atoms with E-state index in [0.29, 0.717) is 0 Å². The van der Waals surface area contributed by atoms with Crippen LogP contribution in [0.1, 0.15) is 22.4 Å². The smallest absolute Gasteiger partial charge is 0.132 e. The lowest BCUT2D eigenvalue weighted by Gasteiger charge is -2.15. The molecule has 1 aromatic heterocycles. The fraction of sp³-hybridized carbons (Fsp3) is 0.333. The van der Waals surface area contributed by atoms with Crippen molar-refractivity contribution in [1.82, 2.24) is 9.69 Å². The van der Waals surface area contributed by atoms with Crippen LogP contribution < -0.4 is 5.32 Å².